The van der Waals surface area contributed by atoms with Crippen LogP contribution in [0.4, 0.5) is 0 Å². The lowest BCUT2D eigenvalue weighted by molar-refractivity contribution is -0.139. The maximum Gasteiger partial charge on any atom is 0.253 e. The minimum atomic E-state index is 0.0761. The van der Waals surface area contributed by atoms with Gasteiger partial charge in [0, 0.05) is 48.7 Å². The molecule has 2 amide bonds. The Bertz CT molecular complexity index is 795. The standard InChI is InChI=1S/C25H37ClN4O2/c1-27-12-8-22(9-13-27)28(2)24(31)19-6-14-29(15-7-19)23-10-16-30(17-11-23)25(32)20-4-3-5-21(26)18-20/h3-5,18-19,22-23H,6-17H2,1-2H3. The molecule has 3 aliphatic rings. The van der Waals surface area contributed by atoms with E-state index in [9.17, 15) is 9.59 Å². The van der Waals surface area contributed by atoms with Crippen molar-refractivity contribution in [3.63, 3.8) is 0 Å². The van der Waals surface area contributed by atoms with Crippen LogP contribution < -0.4 is 0 Å². The molecule has 0 unspecified atom stereocenters. The zero-order valence-corrected chi connectivity index (χ0v) is 20.3. The number of nitrogens with zero attached hydrogens (tertiary/aromatic N) is 4. The van der Waals surface area contributed by atoms with Gasteiger partial charge in [-0.15, -0.1) is 0 Å². The number of halogens is 1. The fraction of sp³-hybridized carbons (Fsp3) is 0.680. The van der Waals surface area contributed by atoms with E-state index < -0.39 is 0 Å². The lowest BCUT2D eigenvalue weighted by Crippen LogP contribution is -2.51. The van der Waals surface area contributed by atoms with Crippen molar-refractivity contribution in [1.82, 2.24) is 19.6 Å². The van der Waals surface area contributed by atoms with Crippen LogP contribution in [0, 0.1) is 5.92 Å². The quantitative estimate of drug-likeness (QED) is 0.692. The van der Waals surface area contributed by atoms with E-state index >= 15 is 0 Å². The predicted octanol–water partition coefficient (Wildman–Crippen LogP) is 3.21. The molecule has 6 nitrogen and oxygen atoms in total. The normalized spacial score (nSPS) is 22.8. The summed E-state index contributed by atoms with van der Waals surface area (Å²) >= 11 is 6.05. The van der Waals surface area contributed by atoms with Crippen LogP contribution in [0.3, 0.4) is 0 Å². The van der Waals surface area contributed by atoms with Gasteiger partial charge in [-0.3, -0.25) is 9.59 Å². The molecule has 0 spiro atoms. The maximum atomic E-state index is 13.1. The van der Waals surface area contributed by atoms with E-state index in [-0.39, 0.29) is 11.8 Å². The van der Waals surface area contributed by atoms with Crippen LogP contribution in [-0.4, -0.2) is 96.9 Å². The van der Waals surface area contributed by atoms with E-state index in [4.69, 9.17) is 11.6 Å². The smallest absolute Gasteiger partial charge is 0.253 e. The lowest BCUT2D eigenvalue weighted by Gasteiger charge is -2.43. The maximum absolute atomic E-state index is 13.1. The Balaban J connectivity index is 1.22. The lowest BCUT2D eigenvalue weighted by atomic mass is 9.91. The van der Waals surface area contributed by atoms with Gasteiger partial charge >= 0.3 is 0 Å². The average molecular weight is 461 g/mol. The summed E-state index contributed by atoms with van der Waals surface area (Å²) in [6.45, 7) is 5.72. The highest BCUT2D eigenvalue weighted by Crippen LogP contribution is 2.27. The van der Waals surface area contributed by atoms with Crippen molar-refractivity contribution in [2.75, 3.05) is 53.4 Å². The molecule has 32 heavy (non-hydrogen) atoms. The third-order valence-electron chi connectivity index (χ3n) is 7.80. The van der Waals surface area contributed by atoms with Crippen LogP contribution in [0.25, 0.3) is 0 Å². The third kappa shape index (κ3) is 5.46. The van der Waals surface area contributed by atoms with Gasteiger partial charge in [0.25, 0.3) is 5.91 Å². The first-order valence-electron chi connectivity index (χ1n) is 12.2. The van der Waals surface area contributed by atoms with E-state index in [2.05, 4.69) is 16.8 Å². The largest absolute Gasteiger partial charge is 0.342 e. The number of piperidine rings is 3. The summed E-state index contributed by atoms with van der Waals surface area (Å²) in [4.78, 5) is 34.8. The molecule has 3 aliphatic heterocycles. The van der Waals surface area contributed by atoms with Crippen molar-refractivity contribution in [2.24, 2.45) is 5.92 Å². The van der Waals surface area contributed by atoms with Crippen LogP contribution in [0.15, 0.2) is 24.3 Å². The fourth-order valence-electron chi connectivity index (χ4n) is 5.60. The highest BCUT2D eigenvalue weighted by Gasteiger charge is 2.34. The Labute approximate surface area is 197 Å². The molecule has 0 bridgehead atoms. The van der Waals surface area contributed by atoms with Gasteiger partial charge in [0.15, 0.2) is 0 Å². The monoisotopic (exact) mass is 460 g/mol. The predicted molar refractivity (Wildman–Crippen MR) is 128 cm³/mol. The molecular formula is C25H37ClN4O2. The van der Waals surface area contributed by atoms with E-state index in [1.54, 1.807) is 12.1 Å². The Morgan fingerprint density at radius 3 is 2.22 bits per heavy atom. The first kappa shape index (κ1) is 23.5. The van der Waals surface area contributed by atoms with Crippen molar-refractivity contribution in [2.45, 2.75) is 50.6 Å². The minimum Gasteiger partial charge on any atom is -0.342 e. The molecule has 0 aliphatic carbocycles. The highest BCUT2D eigenvalue weighted by molar-refractivity contribution is 6.30. The van der Waals surface area contributed by atoms with E-state index in [0.717, 1.165) is 77.8 Å². The second kappa shape index (κ2) is 10.5. The third-order valence-corrected chi connectivity index (χ3v) is 8.04. The summed E-state index contributed by atoms with van der Waals surface area (Å²) < 4.78 is 0. The summed E-state index contributed by atoms with van der Waals surface area (Å²) in [5.41, 5.74) is 0.670. The summed E-state index contributed by atoms with van der Waals surface area (Å²) in [7, 11) is 4.17. The highest BCUT2D eigenvalue weighted by atomic mass is 35.5. The minimum absolute atomic E-state index is 0.0761. The van der Waals surface area contributed by atoms with Gasteiger partial charge in [0.05, 0.1) is 0 Å². The van der Waals surface area contributed by atoms with Gasteiger partial charge in [0.2, 0.25) is 5.91 Å². The van der Waals surface area contributed by atoms with E-state index in [1.807, 2.05) is 29.0 Å². The molecule has 1 aromatic carbocycles. The van der Waals surface area contributed by atoms with Gasteiger partial charge in [-0.25, -0.2) is 0 Å². The number of hydrogen-bond donors (Lipinski definition) is 0. The first-order chi connectivity index (χ1) is 15.4. The molecule has 7 heteroatoms. The molecule has 3 fully saturated rings. The Hall–Kier alpha value is -1.63. The van der Waals surface area contributed by atoms with Crippen molar-refractivity contribution in [1.29, 1.82) is 0 Å². The SMILES string of the molecule is CN1CCC(N(C)C(=O)C2CCN(C3CCN(C(=O)c4cccc(Cl)c4)CC3)CC2)CC1. The van der Waals surface area contributed by atoms with Crippen molar-refractivity contribution in [3.05, 3.63) is 34.9 Å². The first-order valence-corrected chi connectivity index (χ1v) is 12.5. The molecule has 0 N–H and O–H groups in total. The second-order valence-corrected chi connectivity index (χ2v) is 10.3. The summed E-state index contributed by atoms with van der Waals surface area (Å²) in [5, 5.41) is 0.602. The number of benzene rings is 1. The molecule has 0 aromatic heterocycles. The van der Waals surface area contributed by atoms with Crippen molar-refractivity contribution < 1.29 is 9.59 Å². The number of rotatable bonds is 4. The molecule has 176 valence electrons. The summed E-state index contributed by atoms with van der Waals surface area (Å²) in [6, 6.07) is 8.13. The van der Waals surface area contributed by atoms with Crippen LogP contribution in [0.2, 0.25) is 5.02 Å². The van der Waals surface area contributed by atoms with Gasteiger partial charge in [-0.1, -0.05) is 17.7 Å². The van der Waals surface area contributed by atoms with Crippen LogP contribution in [0.5, 0.6) is 0 Å². The summed E-state index contributed by atoms with van der Waals surface area (Å²) in [6.07, 6.45) is 6.09. The van der Waals surface area contributed by atoms with E-state index in [1.165, 1.54) is 0 Å². The molecular weight excluding hydrogens is 424 g/mol. The molecule has 4 rings (SSSR count). The molecule has 3 saturated heterocycles. The zero-order valence-electron chi connectivity index (χ0n) is 19.5. The fourth-order valence-corrected chi connectivity index (χ4v) is 5.79. The topological polar surface area (TPSA) is 47.1 Å². The summed E-state index contributed by atoms with van der Waals surface area (Å²) in [5.74, 6) is 0.591. The van der Waals surface area contributed by atoms with Crippen LogP contribution in [0.1, 0.15) is 48.9 Å². The molecule has 0 saturated carbocycles. The molecule has 0 atom stereocenters. The Morgan fingerprint density at radius 1 is 0.938 bits per heavy atom. The second-order valence-electron chi connectivity index (χ2n) is 9.83. The van der Waals surface area contributed by atoms with Crippen LogP contribution in [-0.2, 0) is 4.79 Å². The van der Waals surface area contributed by atoms with Gasteiger partial charge in [-0.2, -0.15) is 0 Å². The molecule has 3 heterocycles. The molecule has 0 radical (unpaired) electrons. The molecule has 1 aromatic rings. The van der Waals surface area contributed by atoms with E-state index in [0.29, 0.717) is 28.6 Å². The van der Waals surface area contributed by atoms with Crippen molar-refractivity contribution >= 4 is 23.4 Å². The van der Waals surface area contributed by atoms with Crippen LogP contribution >= 0.6 is 11.6 Å². The van der Waals surface area contributed by atoms with Gasteiger partial charge in [0.1, 0.15) is 0 Å². The number of amides is 2. The number of likely N-dealkylation sites (tertiary alicyclic amines) is 3. The Morgan fingerprint density at radius 2 is 1.59 bits per heavy atom. The van der Waals surface area contributed by atoms with Gasteiger partial charge < -0.3 is 19.6 Å². The number of carbonyl (C=O) groups excluding carboxylic acids is 2. The average Bonchev–Trinajstić information content (AvgIpc) is 2.83. The zero-order chi connectivity index (χ0) is 22.7. The van der Waals surface area contributed by atoms with Gasteiger partial charge in [-0.05, 0) is 90.0 Å². The van der Waals surface area contributed by atoms with Crippen molar-refractivity contribution in [3.8, 4) is 0 Å². The Kier molecular flexibility index (Phi) is 7.74. The number of carbonyl (C=O) groups is 2. The number of hydrogen-bond acceptors (Lipinski definition) is 4.